The van der Waals surface area contributed by atoms with Crippen LogP contribution in [0.2, 0.25) is 0 Å². The van der Waals surface area contributed by atoms with Crippen LogP contribution in [-0.4, -0.2) is 18.4 Å². The van der Waals surface area contributed by atoms with Gasteiger partial charge in [0.1, 0.15) is 11.5 Å². The third-order valence-electron chi connectivity index (χ3n) is 3.15. The molecule has 0 aliphatic carbocycles. The summed E-state index contributed by atoms with van der Waals surface area (Å²) in [4.78, 5) is 4.37. The van der Waals surface area contributed by atoms with Crippen LogP contribution in [0.4, 0.5) is 5.69 Å². The molecular weight excluding hydrogens is 250 g/mol. The molecule has 0 saturated heterocycles. The summed E-state index contributed by atoms with van der Waals surface area (Å²) in [6, 6.07) is 13.3. The zero-order chi connectivity index (χ0) is 14.5. The maximum atomic E-state index is 9.85. The van der Waals surface area contributed by atoms with E-state index in [9.17, 15) is 5.11 Å². The van der Waals surface area contributed by atoms with Crippen LogP contribution in [0.5, 0.6) is 11.5 Å². The lowest BCUT2D eigenvalue weighted by atomic mass is 10.0. The summed E-state index contributed by atoms with van der Waals surface area (Å²) < 4.78 is 5.04. The highest BCUT2D eigenvalue weighted by molar-refractivity contribution is 5.85. The molecule has 0 radical (unpaired) electrons. The Hall–Kier alpha value is -2.29. The maximum absolute atomic E-state index is 9.85. The number of rotatable bonds is 4. The minimum Gasteiger partial charge on any atom is -0.507 e. The molecular formula is C17H19NO2. The van der Waals surface area contributed by atoms with Crippen molar-refractivity contribution in [1.29, 1.82) is 0 Å². The molecule has 20 heavy (non-hydrogen) atoms. The van der Waals surface area contributed by atoms with Gasteiger partial charge in [-0.15, -0.1) is 0 Å². The molecule has 2 aromatic carbocycles. The molecule has 2 rings (SSSR count). The van der Waals surface area contributed by atoms with E-state index < -0.39 is 0 Å². The summed E-state index contributed by atoms with van der Waals surface area (Å²) in [5.41, 5.74) is 2.82. The highest BCUT2D eigenvalue weighted by Crippen LogP contribution is 2.23. The number of phenols is 1. The largest absolute Gasteiger partial charge is 0.507 e. The predicted octanol–water partition coefficient (Wildman–Crippen LogP) is 4.27. The highest BCUT2D eigenvalue weighted by atomic mass is 16.5. The Morgan fingerprint density at radius 1 is 1.10 bits per heavy atom. The van der Waals surface area contributed by atoms with E-state index in [1.165, 1.54) is 5.56 Å². The Morgan fingerprint density at radius 2 is 1.80 bits per heavy atom. The van der Waals surface area contributed by atoms with Gasteiger partial charge in [-0.2, -0.15) is 0 Å². The first-order chi connectivity index (χ1) is 9.60. The van der Waals surface area contributed by atoms with E-state index in [4.69, 9.17) is 4.74 Å². The van der Waals surface area contributed by atoms with Crippen molar-refractivity contribution in [2.75, 3.05) is 7.11 Å². The van der Waals surface area contributed by atoms with Crippen LogP contribution in [0, 0.1) is 0 Å². The van der Waals surface area contributed by atoms with Crippen LogP contribution < -0.4 is 4.74 Å². The van der Waals surface area contributed by atoms with Gasteiger partial charge in [-0.05, 0) is 35.7 Å². The van der Waals surface area contributed by atoms with Gasteiger partial charge in [0.15, 0.2) is 0 Å². The highest BCUT2D eigenvalue weighted by Gasteiger charge is 2.01. The van der Waals surface area contributed by atoms with Gasteiger partial charge >= 0.3 is 0 Å². The topological polar surface area (TPSA) is 41.8 Å². The normalized spacial score (nSPS) is 11.2. The quantitative estimate of drug-likeness (QED) is 0.842. The molecule has 0 amide bonds. The van der Waals surface area contributed by atoms with E-state index in [2.05, 4.69) is 31.0 Å². The maximum Gasteiger partial charge on any atom is 0.128 e. The third-order valence-corrected chi connectivity index (χ3v) is 3.15. The summed E-state index contributed by atoms with van der Waals surface area (Å²) >= 11 is 0. The second kappa shape index (κ2) is 6.24. The number of hydrogen-bond acceptors (Lipinski definition) is 3. The molecule has 3 nitrogen and oxygen atoms in total. The fraction of sp³-hybridized carbons (Fsp3) is 0.235. The molecule has 0 spiro atoms. The third kappa shape index (κ3) is 3.38. The molecule has 0 aliphatic heterocycles. The van der Waals surface area contributed by atoms with Crippen molar-refractivity contribution in [3.63, 3.8) is 0 Å². The fourth-order valence-corrected chi connectivity index (χ4v) is 1.85. The number of aliphatic imine (C=N–C) groups is 1. The van der Waals surface area contributed by atoms with E-state index in [1.807, 2.05) is 12.1 Å². The Labute approximate surface area is 119 Å². The van der Waals surface area contributed by atoms with E-state index in [-0.39, 0.29) is 5.75 Å². The van der Waals surface area contributed by atoms with Gasteiger partial charge in [-0.3, -0.25) is 4.99 Å². The Kier molecular flexibility index (Phi) is 4.41. The first kappa shape index (κ1) is 14.1. The first-order valence-electron chi connectivity index (χ1n) is 6.61. The van der Waals surface area contributed by atoms with Crippen LogP contribution in [0.1, 0.15) is 30.9 Å². The van der Waals surface area contributed by atoms with E-state index in [0.29, 0.717) is 17.2 Å². The van der Waals surface area contributed by atoms with Crippen molar-refractivity contribution in [1.82, 2.24) is 0 Å². The predicted molar refractivity (Wildman–Crippen MR) is 82.4 cm³/mol. The van der Waals surface area contributed by atoms with E-state index in [1.54, 1.807) is 31.5 Å². The molecule has 0 fully saturated rings. The lowest BCUT2D eigenvalue weighted by Crippen LogP contribution is -1.87. The molecule has 1 N–H and O–H groups in total. The molecule has 0 aromatic heterocycles. The summed E-state index contributed by atoms with van der Waals surface area (Å²) in [6.07, 6.45) is 1.65. The van der Waals surface area contributed by atoms with E-state index >= 15 is 0 Å². The smallest absolute Gasteiger partial charge is 0.128 e. The average Bonchev–Trinajstić information content (AvgIpc) is 2.46. The van der Waals surface area contributed by atoms with Gasteiger partial charge in [0.2, 0.25) is 0 Å². The summed E-state index contributed by atoms with van der Waals surface area (Å²) in [7, 11) is 1.57. The van der Waals surface area contributed by atoms with E-state index in [0.717, 1.165) is 5.69 Å². The average molecular weight is 269 g/mol. The molecule has 2 aromatic rings. The van der Waals surface area contributed by atoms with Crippen LogP contribution in [-0.2, 0) is 0 Å². The van der Waals surface area contributed by atoms with Gasteiger partial charge in [-0.1, -0.05) is 26.0 Å². The summed E-state index contributed by atoms with van der Waals surface area (Å²) in [6.45, 7) is 4.32. The van der Waals surface area contributed by atoms with Crippen molar-refractivity contribution < 1.29 is 9.84 Å². The van der Waals surface area contributed by atoms with Gasteiger partial charge in [-0.25, -0.2) is 0 Å². The summed E-state index contributed by atoms with van der Waals surface area (Å²) in [5, 5.41) is 9.85. The van der Waals surface area contributed by atoms with Crippen LogP contribution in [0.25, 0.3) is 0 Å². The van der Waals surface area contributed by atoms with Crippen molar-refractivity contribution in [2.45, 2.75) is 19.8 Å². The number of hydrogen-bond donors (Lipinski definition) is 1. The number of benzene rings is 2. The first-order valence-corrected chi connectivity index (χ1v) is 6.61. The SMILES string of the molecule is COc1ccc(C=Nc2ccc(C(C)C)cc2)c(O)c1. The van der Waals surface area contributed by atoms with Crippen molar-refractivity contribution in [3.8, 4) is 11.5 Å². The number of phenolic OH excluding ortho intramolecular Hbond substituents is 1. The van der Waals surface area contributed by atoms with Gasteiger partial charge < -0.3 is 9.84 Å². The number of nitrogens with zero attached hydrogens (tertiary/aromatic N) is 1. The number of methoxy groups -OCH3 is 1. The molecule has 0 aliphatic rings. The van der Waals surface area contributed by atoms with Crippen molar-refractivity contribution >= 4 is 11.9 Å². The van der Waals surface area contributed by atoms with Gasteiger partial charge in [0, 0.05) is 17.8 Å². The molecule has 0 atom stereocenters. The molecule has 0 bridgehead atoms. The minimum absolute atomic E-state index is 0.159. The standard InChI is InChI=1S/C17H19NO2/c1-12(2)13-4-7-15(8-5-13)18-11-14-6-9-16(20-3)10-17(14)19/h4-12,19H,1-3H3. The molecule has 0 heterocycles. The molecule has 104 valence electrons. The minimum atomic E-state index is 0.159. The zero-order valence-corrected chi connectivity index (χ0v) is 12.0. The number of aromatic hydroxyl groups is 1. The molecule has 3 heteroatoms. The molecule has 0 unspecified atom stereocenters. The lowest BCUT2D eigenvalue weighted by molar-refractivity contribution is 0.407. The Morgan fingerprint density at radius 3 is 2.35 bits per heavy atom. The second-order valence-electron chi connectivity index (χ2n) is 4.93. The van der Waals surface area contributed by atoms with Gasteiger partial charge in [0.25, 0.3) is 0 Å². The van der Waals surface area contributed by atoms with Crippen molar-refractivity contribution in [2.24, 2.45) is 4.99 Å². The lowest BCUT2D eigenvalue weighted by Gasteiger charge is -2.05. The zero-order valence-electron chi connectivity index (χ0n) is 12.0. The van der Waals surface area contributed by atoms with Crippen LogP contribution in [0.3, 0.4) is 0 Å². The van der Waals surface area contributed by atoms with Crippen LogP contribution >= 0.6 is 0 Å². The second-order valence-corrected chi connectivity index (χ2v) is 4.93. The fourth-order valence-electron chi connectivity index (χ4n) is 1.85. The monoisotopic (exact) mass is 269 g/mol. The molecule has 0 saturated carbocycles. The van der Waals surface area contributed by atoms with Crippen LogP contribution in [0.15, 0.2) is 47.5 Å². The van der Waals surface area contributed by atoms with Crippen molar-refractivity contribution in [3.05, 3.63) is 53.6 Å². The Bertz CT molecular complexity index is 601. The summed E-state index contributed by atoms with van der Waals surface area (Å²) in [5.74, 6) is 1.30. The number of ether oxygens (including phenoxy) is 1. The van der Waals surface area contributed by atoms with Gasteiger partial charge in [0.05, 0.1) is 12.8 Å². The Balaban J connectivity index is 2.16.